The monoisotopic (exact) mass is 181 g/mol. The Hall–Kier alpha value is -0.630. The van der Waals surface area contributed by atoms with Gasteiger partial charge in [-0.3, -0.25) is 4.79 Å². The van der Waals surface area contributed by atoms with Gasteiger partial charge in [0.15, 0.2) is 5.78 Å². The van der Waals surface area contributed by atoms with Crippen LogP contribution in [-0.4, -0.2) is 12.3 Å². The van der Waals surface area contributed by atoms with Crippen molar-refractivity contribution >= 4 is 5.78 Å². The molecule has 13 heavy (non-hydrogen) atoms. The summed E-state index contributed by atoms with van der Waals surface area (Å²) in [6.07, 6.45) is 5.88. The Kier molecular flexibility index (Phi) is 3.26. The third-order valence-electron chi connectivity index (χ3n) is 2.85. The van der Waals surface area contributed by atoms with E-state index in [4.69, 9.17) is 5.73 Å². The lowest BCUT2D eigenvalue weighted by Crippen LogP contribution is -2.38. The Morgan fingerprint density at radius 3 is 2.38 bits per heavy atom. The number of nitrogens with two attached hydrogens (primary N) is 1. The molecule has 0 spiro atoms. The topological polar surface area (TPSA) is 43.1 Å². The molecular formula is C11H19NO. The molecule has 0 bridgehead atoms. The molecule has 1 fully saturated rings. The average Bonchev–Trinajstić information content (AvgIpc) is 1.95. The molecule has 74 valence electrons. The summed E-state index contributed by atoms with van der Waals surface area (Å²) in [6.45, 7) is 4.57. The molecule has 0 unspecified atom stereocenters. The van der Waals surface area contributed by atoms with Gasteiger partial charge in [-0.05, 0) is 44.7 Å². The van der Waals surface area contributed by atoms with Crippen LogP contribution >= 0.6 is 0 Å². The normalized spacial score (nSPS) is 19.0. The minimum absolute atomic E-state index is 0.156. The molecule has 2 nitrogen and oxygen atoms in total. The molecule has 0 heterocycles. The predicted octanol–water partition coefficient (Wildman–Crippen LogP) is 2.04. The highest BCUT2D eigenvalue weighted by molar-refractivity contribution is 5.90. The molecular weight excluding hydrogens is 162 g/mol. The first kappa shape index (κ1) is 10.5. The fourth-order valence-electron chi connectivity index (χ4n) is 1.87. The summed E-state index contributed by atoms with van der Waals surface area (Å²) in [5.41, 5.74) is 6.91. The van der Waals surface area contributed by atoms with Gasteiger partial charge in [0, 0.05) is 6.42 Å². The first-order chi connectivity index (χ1) is 6.08. The van der Waals surface area contributed by atoms with Crippen LogP contribution in [0.15, 0.2) is 11.6 Å². The molecule has 0 radical (unpaired) electrons. The van der Waals surface area contributed by atoms with Crippen LogP contribution in [0.4, 0.5) is 0 Å². The molecule has 1 saturated carbocycles. The zero-order valence-corrected chi connectivity index (χ0v) is 8.60. The van der Waals surface area contributed by atoms with Crippen molar-refractivity contribution in [1.29, 1.82) is 0 Å². The van der Waals surface area contributed by atoms with E-state index >= 15 is 0 Å². The van der Waals surface area contributed by atoms with Gasteiger partial charge in [-0.2, -0.15) is 0 Å². The Balaban J connectivity index is 2.47. The third kappa shape index (κ3) is 2.66. The van der Waals surface area contributed by atoms with Gasteiger partial charge >= 0.3 is 0 Å². The number of ketones is 1. The van der Waals surface area contributed by atoms with Crippen molar-refractivity contribution < 1.29 is 4.79 Å². The van der Waals surface area contributed by atoms with Gasteiger partial charge in [-0.1, -0.05) is 12.0 Å². The quantitative estimate of drug-likeness (QED) is 0.674. The Morgan fingerprint density at radius 1 is 1.46 bits per heavy atom. The van der Waals surface area contributed by atoms with Crippen molar-refractivity contribution in [3.63, 3.8) is 0 Å². The number of carbonyl (C=O) groups excluding carboxylic acids is 1. The summed E-state index contributed by atoms with van der Waals surface area (Å²) in [5, 5.41) is 0. The van der Waals surface area contributed by atoms with Gasteiger partial charge in [0.25, 0.3) is 0 Å². The highest BCUT2D eigenvalue weighted by Gasteiger charge is 2.36. The lowest BCUT2D eigenvalue weighted by Gasteiger charge is -2.40. The van der Waals surface area contributed by atoms with E-state index in [2.05, 4.69) is 0 Å². The SMILES string of the molecule is CC(C)=CC(=O)CC1(CN)CCC1. The molecule has 1 aliphatic carbocycles. The molecule has 0 amide bonds. The van der Waals surface area contributed by atoms with E-state index in [9.17, 15) is 4.79 Å². The van der Waals surface area contributed by atoms with Crippen molar-refractivity contribution in [2.45, 2.75) is 39.5 Å². The maximum Gasteiger partial charge on any atom is 0.156 e. The van der Waals surface area contributed by atoms with Gasteiger partial charge in [-0.15, -0.1) is 0 Å². The van der Waals surface area contributed by atoms with Gasteiger partial charge < -0.3 is 5.73 Å². The van der Waals surface area contributed by atoms with Crippen LogP contribution < -0.4 is 5.73 Å². The van der Waals surface area contributed by atoms with Crippen molar-refractivity contribution in [2.75, 3.05) is 6.54 Å². The summed E-state index contributed by atoms with van der Waals surface area (Å²) in [7, 11) is 0. The largest absolute Gasteiger partial charge is 0.330 e. The smallest absolute Gasteiger partial charge is 0.156 e. The van der Waals surface area contributed by atoms with Gasteiger partial charge in [0.1, 0.15) is 0 Å². The van der Waals surface area contributed by atoms with E-state index in [0.717, 1.165) is 18.4 Å². The van der Waals surface area contributed by atoms with Crippen LogP contribution in [0.1, 0.15) is 39.5 Å². The van der Waals surface area contributed by atoms with Crippen LogP contribution in [0.2, 0.25) is 0 Å². The molecule has 2 heteroatoms. The molecule has 0 aromatic rings. The second kappa shape index (κ2) is 4.05. The highest BCUT2D eigenvalue weighted by Crippen LogP contribution is 2.43. The lowest BCUT2D eigenvalue weighted by atomic mass is 9.66. The minimum Gasteiger partial charge on any atom is -0.330 e. The molecule has 0 aromatic heterocycles. The maximum absolute atomic E-state index is 11.5. The van der Waals surface area contributed by atoms with Crippen LogP contribution in [0, 0.1) is 5.41 Å². The fourth-order valence-corrected chi connectivity index (χ4v) is 1.87. The van der Waals surface area contributed by atoms with Gasteiger partial charge in [-0.25, -0.2) is 0 Å². The number of hydrogen-bond donors (Lipinski definition) is 1. The number of carbonyl (C=O) groups is 1. The van der Waals surface area contributed by atoms with E-state index < -0.39 is 0 Å². The van der Waals surface area contributed by atoms with Crippen LogP contribution in [-0.2, 0) is 4.79 Å². The molecule has 1 aliphatic rings. The fraction of sp³-hybridized carbons (Fsp3) is 0.727. The van der Waals surface area contributed by atoms with Crippen molar-refractivity contribution in [3.05, 3.63) is 11.6 Å². The van der Waals surface area contributed by atoms with E-state index in [0.29, 0.717) is 13.0 Å². The standard InChI is InChI=1S/C11H19NO/c1-9(2)6-10(13)7-11(8-12)4-3-5-11/h6H,3-5,7-8,12H2,1-2H3. The van der Waals surface area contributed by atoms with Gasteiger partial charge in [0.2, 0.25) is 0 Å². The van der Waals surface area contributed by atoms with Gasteiger partial charge in [0.05, 0.1) is 0 Å². The summed E-state index contributed by atoms with van der Waals surface area (Å²) in [6, 6.07) is 0. The summed E-state index contributed by atoms with van der Waals surface area (Å²) in [4.78, 5) is 11.5. The Morgan fingerprint density at radius 2 is 2.08 bits per heavy atom. The summed E-state index contributed by atoms with van der Waals surface area (Å²) < 4.78 is 0. The average molecular weight is 181 g/mol. The van der Waals surface area contributed by atoms with Crippen molar-refractivity contribution in [2.24, 2.45) is 11.1 Å². The van der Waals surface area contributed by atoms with E-state index in [1.165, 1.54) is 6.42 Å². The maximum atomic E-state index is 11.5. The van der Waals surface area contributed by atoms with Crippen LogP contribution in [0.3, 0.4) is 0 Å². The number of rotatable bonds is 4. The zero-order valence-electron chi connectivity index (χ0n) is 8.60. The molecule has 0 aliphatic heterocycles. The van der Waals surface area contributed by atoms with E-state index in [1.54, 1.807) is 6.08 Å². The van der Waals surface area contributed by atoms with E-state index in [-0.39, 0.29) is 11.2 Å². The lowest BCUT2D eigenvalue weighted by molar-refractivity contribution is -0.118. The molecule has 1 rings (SSSR count). The minimum atomic E-state index is 0.156. The Labute approximate surface area is 80.2 Å². The first-order valence-corrected chi connectivity index (χ1v) is 4.96. The number of hydrogen-bond acceptors (Lipinski definition) is 2. The Bertz CT molecular complexity index is 217. The highest BCUT2D eigenvalue weighted by atomic mass is 16.1. The van der Waals surface area contributed by atoms with Crippen molar-refractivity contribution in [3.8, 4) is 0 Å². The van der Waals surface area contributed by atoms with Crippen LogP contribution in [0.5, 0.6) is 0 Å². The van der Waals surface area contributed by atoms with Crippen molar-refractivity contribution in [1.82, 2.24) is 0 Å². The molecule has 2 N–H and O–H groups in total. The van der Waals surface area contributed by atoms with Crippen LogP contribution in [0.25, 0.3) is 0 Å². The second-order valence-corrected chi connectivity index (χ2v) is 4.42. The third-order valence-corrected chi connectivity index (χ3v) is 2.85. The summed E-state index contributed by atoms with van der Waals surface area (Å²) >= 11 is 0. The number of allylic oxidation sites excluding steroid dienone is 2. The predicted molar refractivity (Wildman–Crippen MR) is 54.4 cm³/mol. The molecule has 0 atom stereocenters. The summed E-state index contributed by atoms with van der Waals surface area (Å²) in [5.74, 6) is 0.241. The van der Waals surface area contributed by atoms with E-state index in [1.807, 2.05) is 13.8 Å². The molecule has 0 saturated heterocycles. The zero-order chi connectivity index (χ0) is 9.90. The first-order valence-electron chi connectivity index (χ1n) is 4.96. The molecule has 0 aromatic carbocycles. The second-order valence-electron chi connectivity index (χ2n) is 4.42.